The zero-order chi connectivity index (χ0) is 16.8. The summed E-state index contributed by atoms with van der Waals surface area (Å²) in [5.74, 6) is -1.59. The molecule has 1 saturated carbocycles. The smallest absolute Gasteiger partial charge is 0.258 e. The first-order valence-electron chi connectivity index (χ1n) is 8.66. The van der Waals surface area contributed by atoms with Crippen LogP contribution in [0.4, 0.5) is 14.6 Å². The van der Waals surface area contributed by atoms with E-state index in [0.29, 0.717) is 31.1 Å². The standard InChI is InChI=1S/C17H22F2N4O/c18-17(19)4-8-23(15(24)9-13-1-2-13)12-16(17)3-7-22(11-16)14-10-20-5-6-21-14/h5-6,10,13H,1-4,7-9,11-12H2. The molecular formula is C17H22F2N4O. The fourth-order valence-corrected chi connectivity index (χ4v) is 3.96. The Morgan fingerprint density at radius 2 is 2.04 bits per heavy atom. The van der Waals surface area contributed by atoms with Crippen LogP contribution in [0.25, 0.3) is 0 Å². The van der Waals surface area contributed by atoms with E-state index in [2.05, 4.69) is 9.97 Å². The van der Waals surface area contributed by atoms with Gasteiger partial charge >= 0.3 is 0 Å². The van der Waals surface area contributed by atoms with Crippen molar-refractivity contribution in [3.63, 3.8) is 0 Å². The van der Waals surface area contributed by atoms with Crippen molar-refractivity contribution < 1.29 is 13.6 Å². The first-order valence-corrected chi connectivity index (χ1v) is 8.66. The zero-order valence-corrected chi connectivity index (χ0v) is 13.6. The van der Waals surface area contributed by atoms with Gasteiger partial charge in [0.1, 0.15) is 5.82 Å². The number of nitrogens with zero attached hydrogens (tertiary/aromatic N) is 4. The molecule has 2 saturated heterocycles. The van der Waals surface area contributed by atoms with Crippen LogP contribution >= 0.6 is 0 Å². The monoisotopic (exact) mass is 336 g/mol. The summed E-state index contributed by atoms with van der Waals surface area (Å²) in [7, 11) is 0. The average Bonchev–Trinajstić information content (AvgIpc) is 3.28. The lowest BCUT2D eigenvalue weighted by Gasteiger charge is -2.46. The number of halogens is 2. The molecule has 7 heteroatoms. The highest BCUT2D eigenvalue weighted by atomic mass is 19.3. The third-order valence-electron chi connectivity index (χ3n) is 5.71. The van der Waals surface area contributed by atoms with E-state index in [1.807, 2.05) is 4.90 Å². The molecule has 1 aromatic heterocycles. The summed E-state index contributed by atoms with van der Waals surface area (Å²) in [6.45, 7) is 1.08. The quantitative estimate of drug-likeness (QED) is 0.850. The Bertz CT molecular complexity index is 622. The minimum atomic E-state index is -2.75. The predicted octanol–water partition coefficient (Wildman–Crippen LogP) is 2.34. The minimum Gasteiger partial charge on any atom is -0.354 e. The first kappa shape index (κ1) is 15.7. The third-order valence-corrected chi connectivity index (χ3v) is 5.71. The van der Waals surface area contributed by atoms with Crippen molar-refractivity contribution in [1.82, 2.24) is 14.9 Å². The van der Waals surface area contributed by atoms with E-state index in [1.54, 1.807) is 23.5 Å². The molecule has 0 N–H and O–H groups in total. The lowest BCUT2D eigenvalue weighted by atomic mass is 9.75. The van der Waals surface area contributed by atoms with Gasteiger partial charge in [-0.15, -0.1) is 0 Å². The topological polar surface area (TPSA) is 49.3 Å². The van der Waals surface area contributed by atoms with Crippen LogP contribution in [-0.2, 0) is 4.79 Å². The second-order valence-corrected chi connectivity index (χ2v) is 7.43. The Morgan fingerprint density at radius 3 is 2.75 bits per heavy atom. The summed E-state index contributed by atoms with van der Waals surface area (Å²) in [6.07, 6.45) is 7.61. The molecule has 4 rings (SSSR count). The molecule has 1 aliphatic carbocycles. The molecule has 0 aromatic carbocycles. The number of piperidine rings is 1. The molecule has 0 radical (unpaired) electrons. The number of anilines is 1. The van der Waals surface area contributed by atoms with Crippen LogP contribution in [0.15, 0.2) is 18.6 Å². The van der Waals surface area contributed by atoms with Gasteiger partial charge in [-0.25, -0.2) is 13.8 Å². The Kier molecular flexibility index (Phi) is 3.69. The van der Waals surface area contributed by atoms with E-state index in [0.717, 1.165) is 12.8 Å². The highest BCUT2D eigenvalue weighted by molar-refractivity contribution is 5.77. The van der Waals surface area contributed by atoms with Crippen LogP contribution < -0.4 is 4.90 Å². The SMILES string of the molecule is O=C(CC1CC1)N1CCC(F)(F)C2(CCN(c3cnccn3)C2)C1. The fraction of sp³-hybridized carbons (Fsp3) is 0.706. The van der Waals surface area contributed by atoms with Gasteiger partial charge in [0.2, 0.25) is 5.91 Å². The number of carbonyl (C=O) groups excluding carboxylic acids is 1. The van der Waals surface area contributed by atoms with Crippen LogP contribution in [0.1, 0.15) is 32.1 Å². The van der Waals surface area contributed by atoms with Gasteiger partial charge in [-0.1, -0.05) is 0 Å². The molecule has 1 atom stereocenters. The maximum atomic E-state index is 14.8. The largest absolute Gasteiger partial charge is 0.354 e. The molecule has 3 heterocycles. The van der Waals surface area contributed by atoms with Crippen LogP contribution in [0, 0.1) is 11.3 Å². The Labute approximate surface area is 140 Å². The number of amides is 1. The average molecular weight is 336 g/mol. The number of alkyl halides is 2. The lowest BCUT2D eigenvalue weighted by Crippen LogP contribution is -2.58. The fourth-order valence-electron chi connectivity index (χ4n) is 3.96. The van der Waals surface area contributed by atoms with Crippen molar-refractivity contribution in [3.8, 4) is 0 Å². The van der Waals surface area contributed by atoms with Gasteiger partial charge in [0.15, 0.2) is 0 Å². The van der Waals surface area contributed by atoms with Crippen molar-refractivity contribution in [1.29, 1.82) is 0 Å². The Hall–Kier alpha value is -1.79. The van der Waals surface area contributed by atoms with Crippen molar-refractivity contribution >= 4 is 11.7 Å². The summed E-state index contributed by atoms with van der Waals surface area (Å²) in [5.41, 5.74) is -1.16. The van der Waals surface area contributed by atoms with E-state index in [-0.39, 0.29) is 32.0 Å². The molecule has 3 aliphatic rings. The van der Waals surface area contributed by atoms with Crippen molar-refractivity contribution in [3.05, 3.63) is 18.6 Å². The normalized spacial score (nSPS) is 29.2. The summed E-state index contributed by atoms with van der Waals surface area (Å²) >= 11 is 0. The second-order valence-electron chi connectivity index (χ2n) is 7.43. The molecule has 24 heavy (non-hydrogen) atoms. The van der Waals surface area contributed by atoms with Crippen LogP contribution in [0.2, 0.25) is 0 Å². The summed E-state index contributed by atoms with van der Waals surface area (Å²) in [6, 6.07) is 0. The lowest BCUT2D eigenvalue weighted by molar-refractivity contribution is -0.169. The molecule has 1 spiro atoms. The maximum absolute atomic E-state index is 14.8. The Balaban J connectivity index is 1.51. The minimum absolute atomic E-state index is 0.0466. The zero-order valence-electron chi connectivity index (χ0n) is 13.6. The number of likely N-dealkylation sites (tertiary alicyclic amines) is 1. The van der Waals surface area contributed by atoms with Gasteiger partial charge in [0.25, 0.3) is 5.92 Å². The van der Waals surface area contributed by atoms with Crippen molar-refractivity contribution in [2.75, 3.05) is 31.1 Å². The van der Waals surface area contributed by atoms with Crippen LogP contribution in [0.5, 0.6) is 0 Å². The van der Waals surface area contributed by atoms with Crippen molar-refractivity contribution in [2.45, 2.75) is 38.0 Å². The van der Waals surface area contributed by atoms with Gasteiger partial charge in [0, 0.05) is 51.4 Å². The maximum Gasteiger partial charge on any atom is 0.258 e. The summed E-state index contributed by atoms with van der Waals surface area (Å²) in [5, 5.41) is 0. The van der Waals surface area contributed by atoms with Gasteiger partial charge in [0.05, 0.1) is 11.6 Å². The molecule has 1 aromatic rings. The van der Waals surface area contributed by atoms with E-state index < -0.39 is 11.3 Å². The van der Waals surface area contributed by atoms with Gasteiger partial charge in [-0.2, -0.15) is 0 Å². The van der Waals surface area contributed by atoms with Gasteiger partial charge in [-0.05, 0) is 25.2 Å². The summed E-state index contributed by atoms with van der Waals surface area (Å²) < 4.78 is 29.5. The van der Waals surface area contributed by atoms with E-state index in [4.69, 9.17) is 0 Å². The van der Waals surface area contributed by atoms with E-state index in [1.165, 1.54) is 0 Å². The molecule has 5 nitrogen and oxygen atoms in total. The second kappa shape index (κ2) is 5.63. The molecule has 2 aliphatic heterocycles. The molecule has 130 valence electrons. The van der Waals surface area contributed by atoms with Gasteiger partial charge < -0.3 is 9.80 Å². The molecule has 0 bridgehead atoms. The number of carbonyl (C=O) groups is 1. The molecule has 1 amide bonds. The highest BCUT2D eigenvalue weighted by Gasteiger charge is 2.60. The van der Waals surface area contributed by atoms with Crippen LogP contribution in [-0.4, -0.2) is 52.9 Å². The van der Waals surface area contributed by atoms with E-state index in [9.17, 15) is 13.6 Å². The third kappa shape index (κ3) is 2.74. The summed E-state index contributed by atoms with van der Waals surface area (Å²) in [4.78, 5) is 24.2. The number of hydrogen-bond donors (Lipinski definition) is 0. The highest BCUT2D eigenvalue weighted by Crippen LogP contribution is 2.50. The van der Waals surface area contributed by atoms with Crippen molar-refractivity contribution in [2.24, 2.45) is 11.3 Å². The molecular weight excluding hydrogens is 314 g/mol. The van der Waals surface area contributed by atoms with Crippen LogP contribution in [0.3, 0.4) is 0 Å². The first-order chi connectivity index (χ1) is 11.5. The molecule has 3 fully saturated rings. The number of rotatable bonds is 3. The van der Waals surface area contributed by atoms with E-state index >= 15 is 0 Å². The number of hydrogen-bond acceptors (Lipinski definition) is 4. The number of aromatic nitrogens is 2. The Morgan fingerprint density at radius 1 is 1.21 bits per heavy atom. The van der Waals surface area contributed by atoms with Gasteiger partial charge in [-0.3, -0.25) is 9.78 Å². The predicted molar refractivity (Wildman–Crippen MR) is 84.8 cm³/mol. The molecule has 1 unspecified atom stereocenters.